The van der Waals surface area contributed by atoms with E-state index in [9.17, 15) is 15.0 Å². The van der Waals surface area contributed by atoms with Crippen LogP contribution in [0, 0.1) is 0 Å². The monoisotopic (exact) mass is 260 g/mol. The summed E-state index contributed by atoms with van der Waals surface area (Å²) in [7, 11) is 1.29. The van der Waals surface area contributed by atoms with Gasteiger partial charge in [-0.15, -0.1) is 0 Å². The number of hydrogen-bond donors (Lipinski definition) is 2. The highest BCUT2D eigenvalue weighted by Crippen LogP contribution is 2.34. The lowest BCUT2D eigenvalue weighted by molar-refractivity contribution is -0.139. The number of ether oxygens (including phenoxy) is 1. The van der Waals surface area contributed by atoms with Crippen LogP contribution in [0.25, 0.3) is 0 Å². The maximum Gasteiger partial charge on any atom is 0.309 e. The van der Waals surface area contributed by atoms with Crippen LogP contribution in [0.4, 0.5) is 0 Å². The maximum atomic E-state index is 10.9. The third-order valence-corrected chi connectivity index (χ3v) is 2.28. The van der Waals surface area contributed by atoms with E-state index in [0.29, 0.717) is 10.0 Å². The fraction of sp³-hybridized carbons (Fsp3) is 0.222. The van der Waals surface area contributed by atoms with Gasteiger partial charge in [0.05, 0.1) is 18.0 Å². The molecule has 76 valence electrons. The summed E-state index contributed by atoms with van der Waals surface area (Å²) in [5.41, 5.74) is 0.569. The minimum Gasteiger partial charge on any atom is -0.504 e. The first-order chi connectivity index (χ1) is 6.54. The Balaban J connectivity index is 2.95. The van der Waals surface area contributed by atoms with E-state index in [1.54, 1.807) is 6.07 Å². The Morgan fingerprint density at radius 2 is 2.14 bits per heavy atom. The summed E-state index contributed by atoms with van der Waals surface area (Å²) in [5, 5.41) is 18.4. The van der Waals surface area contributed by atoms with Gasteiger partial charge < -0.3 is 14.9 Å². The molecule has 0 atom stereocenters. The Labute approximate surface area is 89.3 Å². The van der Waals surface area contributed by atoms with Gasteiger partial charge in [-0.05, 0) is 33.6 Å². The number of phenols is 2. The molecule has 0 radical (unpaired) electrons. The first kappa shape index (κ1) is 10.8. The predicted octanol–water partition coefficient (Wildman–Crippen LogP) is 1.58. The fourth-order valence-corrected chi connectivity index (χ4v) is 1.48. The van der Waals surface area contributed by atoms with Crippen molar-refractivity contribution in [1.82, 2.24) is 0 Å². The van der Waals surface area contributed by atoms with E-state index >= 15 is 0 Å². The minimum atomic E-state index is -0.401. The topological polar surface area (TPSA) is 66.8 Å². The molecule has 0 fully saturated rings. The first-order valence-electron chi connectivity index (χ1n) is 3.81. The molecule has 0 amide bonds. The van der Waals surface area contributed by atoms with Crippen LogP contribution in [0.3, 0.4) is 0 Å². The van der Waals surface area contributed by atoms with Crippen LogP contribution in [0.15, 0.2) is 16.6 Å². The number of aromatic hydroxyl groups is 2. The van der Waals surface area contributed by atoms with Crippen molar-refractivity contribution in [2.75, 3.05) is 7.11 Å². The Kier molecular flexibility index (Phi) is 3.35. The van der Waals surface area contributed by atoms with Crippen molar-refractivity contribution in [3.63, 3.8) is 0 Å². The molecular formula is C9H9BrO4. The SMILES string of the molecule is COC(=O)Cc1cc(O)c(O)c(Br)c1. The molecule has 0 saturated carbocycles. The number of benzene rings is 1. The fourth-order valence-electron chi connectivity index (χ4n) is 0.980. The molecule has 0 bridgehead atoms. The number of methoxy groups -OCH3 is 1. The Morgan fingerprint density at radius 3 is 2.64 bits per heavy atom. The number of phenolic OH excluding ortho intramolecular Hbond substituents is 2. The van der Waals surface area contributed by atoms with Crippen LogP contribution >= 0.6 is 15.9 Å². The lowest BCUT2D eigenvalue weighted by Crippen LogP contribution is -2.04. The summed E-state index contributed by atoms with van der Waals surface area (Å²) in [6, 6.07) is 2.86. The van der Waals surface area contributed by atoms with Crippen molar-refractivity contribution in [1.29, 1.82) is 0 Å². The van der Waals surface area contributed by atoms with Crippen molar-refractivity contribution < 1.29 is 19.7 Å². The molecule has 1 aromatic carbocycles. The third-order valence-electron chi connectivity index (χ3n) is 1.68. The molecule has 1 aromatic rings. The molecule has 0 spiro atoms. The smallest absolute Gasteiger partial charge is 0.309 e. The van der Waals surface area contributed by atoms with Crippen LogP contribution in [0.1, 0.15) is 5.56 Å². The zero-order chi connectivity index (χ0) is 10.7. The summed E-state index contributed by atoms with van der Waals surface area (Å²) in [4.78, 5) is 10.9. The average molecular weight is 261 g/mol. The molecule has 0 aliphatic carbocycles. The summed E-state index contributed by atoms with van der Waals surface area (Å²) < 4.78 is 4.81. The quantitative estimate of drug-likeness (QED) is 0.626. The van der Waals surface area contributed by atoms with Crippen molar-refractivity contribution >= 4 is 21.9 Å². The van der Waals surface area contributed by atoms with Crippen LogP contribution in [0.2, 0.25) is 0 Å². The van der Waals surface area contributed by atoms with Gasteiger partial charge in [-0.1, -0.05) is 0 Å². The van der Waals surface area contributed by atoms with Gasteiger partial charge in [0, 0.05) is 0 Å². The lowest BCUT2D eigenvalue weighted by atomic mass is 10.1. The van der Waals surface area contributed by atoms with Crippen LogP contribution in [-0.2, 0) is 16.0 Å². The number of carbonyl (C=O) groups excluding carboxylic acids is 1. The van der Waals surface area contributed by atoms with Gasteiger partial charge in [-0.2, -0.15) is 0 Å². The van der Waals surface area contributed by atoms with Crippen LogP contribution < -0.4 is 0 Å². The van der Waals surface area contributed by atoms with E-state index in [4.69, 9.17) is 0 Å². The Morgan fingerprint density at radius 1 is 1.50 bits per heavy atom. The van der Waals surface area contributed by atoms with Crippen molar-refractivity contribution in [2.24, 2.45) is 0 Å². The van der Waals surface area contributed by atoms with Gasteiger partial charge in [0.1, 0.15) is 0 Å². The number of carbonyl (C=O) groups is 1. The van der Waals surface area contributed by atoms with Crippen molar-refractivity contribution in [2.45, 2.75) is 6.42 Å². The standard InChI is InChI=1S/C9H9BrO4/c1-14-8(12)4-5-2-6(10)9(13)7(11)3-5/h2-3,11,13H,4H2,1H3. The second-order valence-corrected chi connectivity index (χ2v) is 3.55. The van der Waals surface area contributed by atoms with Gasteiger partial charge >= 0.3 is 5.97 Å². The highest BCUT2D eigenvalue weighted by Gasteiger charge is 2.09. The predicted molar refractivity (Wildman–Crippen MR) is 53.2 cm³/mol. The molecule has 0 aliphatic heterocycles. The molecular weight excluding hydrogens is 252 g/mol. The number of esters is 1. The van der Waals surface area contributed by atoms with Crippen LogP contribution in [-0.4, -0.2) is 23.3 Å². The van der Waals surface area contributed by atoms with Crippen molar-refractivity contribution in [3.05, 3.63) is 22.2 Å². The zero-order valence-electron chi connectivity index (χ0n) is 7.45. The normalized spacial score (nSPS) is 9.86. The van der Waals surface area contributed by atoms with Gasteiger partial charge in [-0.3, -0.25) is 4.79 Å². The van der Waals surface area contributed by atoms with Gasteiger partial charge in [0.15, 0.2) is 11.5 Å². The third kappa shape index (κ3) is 2.38. The average Bonchev–Trinajstić information content (AvgIpc) is 2.14. The van der Waals surface area contributed by atoms with Gasteiger partial charge in [0.25, 0.3) is 0 Å². The van der Waals surface area contributed by atoms with E-state index in [2.05, 4.69) is 20.7 Å². The highest BCUT2D eigenvalue weighted by atomic mass is 79.9. The number of halogens is 1. The van der Waals surface area contributed by atoms with E-state index < -0.39 is 5.97 Å². The summed E-state index contributed by atoms with van der Waals surface area (Å²) in [6.07, 6.45) is 0.0585. The molecule has 2 N–H and O–H groups in total. The second-order valence-electron chi connectivity index (χ2n) is 2.70. The van der Waals surface area contributed by atoms with Crippen molar-refractivity contribution in [3.8, 4) is 11.5 Å². The molecule has 4 nitrogen and oxygen atoms in total. The number of rotatable bonds is 2. The summed E-state index contributed by atoms with van der Waals surface area (Å²) in [5.74, 6) is -0.904. The lowest BCUT2D eigenvalue weighted by Gasteiger charge is -2.04. The Hall–Kier alpha value is -1.23. The highest BCUT2D eigenvalue weighted by molar-refractivity contribution is 9.10. The number of hydrogen-bond acceptors (Lipinski definition) is 4. The first-order valence-corrected chi connectivity index (χ1v) is 4.61. The molecule has 0 heterocycles. The van der Waals surface area contributed by atoms with Gasteiger partial charge in [-0.25, -0.2) is 0 Å². The summed E-state index contributed by atoms with van der Waals surface area (Å²) in [6.45, 7) is 0. The van der Waals surface area contributed by atoms with E-state index in [0.717, 1.165) is 0 Å². The largest absolute Gasteiger partial charge is 0.504 e. The molecule has 14 heavy (non-hydrogen) atoms. The molecule has 0 aliphatic rings. The van der Waals surface area contributed by atoms with Gasteiger partial charge in [0.2, 0.25) is 0 Å². The molecule has 0 saturated heterocycles. The van der Waals surface area contributed by atoms with E-state index in [-0.39, 0.29) is 17.9 Å². The summed E-state index contributed by atoms with van der Waals surface area (Å²) >= 11 is 3.05. The molecule has 0 aromatic heterocycles. The van der Waals surface area contributed by atoms with E-state index in [1.807, 2.05) is 0 Å². The molecule has 5 heteroatoms. The van der Waals surface area contributed by atoms with Crippen LogP contribution in [0.5, 0.6) is 11.5 Å². The second kappa shape index (κ2) is 4.32. The molecule has 1 rings (SSSR count). The van der Waals surface area contributed by atoms with E-state index in [1.165, 1.54) is 13.2 Å². The minimum absolute atomic E-state index is 0.0585. The maximum absolute atomic E-state index is 10.9. The molecule has 0 unspecified atom stereocenters. The Bertz CT molecular complexity index is 339. The zero-order valence-corrected chi connectivity index (χ0v) is 9.04.